The summed E-state index contributed by atoms with van der Waals surface area (Å²) in [5, 5.41) is 4.99. The summed E-state index contributed by atoms with van der Waals surface area (Å²) < 4.78 is 0. The van der Waals surface area contributed by atoms with Crippen molar-refractivity contribution in [2.75, 3.05) is 5.32 Å². The van der Waals surface area contributed by atoms with Crippen molar-refractivity contribution in [2.24, 2.45) is 0 Å². The molecule has 0 atom stereocenters. The Balaban J connectivity index is 1.80. The molecule has 0 aliphatic heterocycles. The molecule has 2 heteroatoms. The summed E-state index contributed by atoms with van der Waals surface area (Å²) in [6.07, 6.45) is 11.4. The molecule has 1 aliphatic rings. The Morgan fingerprint density at radius 3 is 2.53 bits per heavy atom. The Labute approximate surface area is 115 Å². The van der Waals surface area contributed by atoms with Gasteiger partial charge < -0.3 is 5.32 Å². The van der Waals surface area contributed by atoms with Crippen LogP contribution in [-0.2, 0) is 0 Å². The first-order valence-corrected chi connectivity index (χ1v) is 7.54. The first kappa shape index (κ1) is 12.5. The Hall–Kier alpha value is -1.57. The molecule has 100 valence electrons. The molecule has 0 amide bonds. The Bertz CT molecular complexity index is 522. The van der Waals surface area contributed by atoms with Gasteiger partial charge in [0.05, 0.1) is 5.52 Å². The van der Waals surface area contributed by atoms with E-state index >= 15 is 0 Å². The van der Waals surface area contributed by atoms with E-state index in [1.807, 2.05) is 12.3 Å². The molecule has 3 rings (SSSR count). The summed E-state index contributed by atoms with van der Waals surface area (Å²) in [5.74, 6) is 0. The number of benzene rings is 1. The van der Waals surface area contributed by atoms with Gasteiger partial charge in [-0.2, -0.15) is 0 Å². The quantitative estimate of drug-likeness (QED) is 0.835. The maximum atomic E-state index is 4.43. The number of anilines is 1. The predicted molar refractivity (Wildman–Crippen MR) is 81.5 cm³/mol. The second-order valence-corrected chi connectivity index (χ2v) is 5.56. The lowest BCUT2D eigenvalue weighted by molar-refractivity contribution is 0.471. The second kappa shape index (κ2) is 6.05. The van der Waals surface area contributed by atoms with Crippen LogP contribution in [0, 0.1) is 0 Å². The fourth-order valence-corrected chi connectivity index (χ4v) is 3.05. The van der Waals surface area contributed by atoms with Gasteiger partial charge in [0.1, 0.15) is 0 Å². The molecule has 0 unspecified atom stereocenters. The fourth-order valence-electron chi connectivity index (χ4n) is 3.05. The van der Waals surface area contributed by atoms with Crippen molar-refractivity contribution >= 4 is 16.6 Å². The number of nitrogens with zero attached hydrogens (tertiary/aromatic N) is 1. The summed E-state index contributed by atoms with van der Waals surface area (Å²) >= 11 is 0. The maximum Gasteiger partial charge on any atom is 0.0722 e. The SMILES string of the molecule is c1cc(NC2CCCCCCC2)c2cccnc2c1. The second-order valence-electron chi connectivity index (χ2n) is 5.56. The van der Waals surface area contributed by atoms with E-state index in [9.17, 15) is 0 Å². The van der Waals surface area contributed by atoms with Crippen LogP contribution in [0.15, 0.2) is 36.5 Å². The van der Waals surface area contributed by atoms with Crippen molar-refractivity contribution in [3.05, 3.63) is 36.5 Å². The molecule has 1 aromatic heterocycles. The third-order valence-corrected chi connectivity index (χ3v) is 4.11. The molecule has 0 bridgehead atoms. The van der Waals surface area contributed by atoms with Gasteiger partial charge in [0, 0.05) is 23.3 Å². The van der Waals surface area contributed by atoms with Crippen molar-refractivity contribution in [3.8, 4) is 0 Å². The van der Waals surface area contributed by atoms with Crippen molar-refractivity contribution in [2.45, 2.75) is 51.0 Å². The highest BCUT2D eigenvalue weighted by Crippen LogP contribution is 2.25. The normalized spacial score (nSPS) is 17.9. The zero-order valence-corrected chi connectivity index (χ0v) is 11.4. The number of hydrogen-bond acceptors (Lipinski definition) is 2. The van der Waals surface area contributed by atoms with Crippen LogP contribution in [0.1, 0.15) is 44.9 Å². The maximum absolute atomic E-state index is 4.43. The molecule has 2 aromatic rings. The topological polar surface area (TPSA) is 24.9 Å². The zero-order chi connectivity index (χ0) is 12.9. The standard InChI is InChI=1S/C17H22N2/c1-2-4-8-14(9-5-3-1)19-17-12-6-11-16-15(17)10-7-13-18-16/h6-7,10-14,19H,1-5,8-9H2. The van der Waals surface area contributed by atoms with E-state index in [1.54, 1.807) is 0 Å². The first-order valence-electron chi connectivity index (χ1n) is 7.54. The minimum atomic E-state index is 0.631. The van der Waals surface area contributed by atoms with Gasteiger partial charge in [0.15, 0.2) is 0 Å². The molecule has 1 aromatic carbocycles. The van der Waals surface area contributed by atoms with Crippen LogP contribution in [0.25, 0.3) is 10.9 Å². The molecule has 1 aliphatic carbocycles. The van der Waals surface area contributed by atoms with E-state index in [1.165, 1.54) is 56.0 Å². The monoisotopic (exact) mass is 254 g/mol. The summed E-state index contributed by atoms with van der Waals surface area (Å²) in [7, 11) is 0. The van der Waals surface area contributed by atoms with E-state index < -0.39 is 0 Å². The number of fused-ring (bicyclic) bond motifs is 1. The third-order valence-electron chi connectivity index (χ3n) is 4.11. The van der Waals surface area contributed by atoms with Gasteiger partial charge in [-0.25, -0.2) is 0 Å². The number of nitrogens with one attached hydrogen (secondary N) is 1. The van der Waals surface area contributed by atoms with Gasteiger partial charge in [-0.3, -0.25) is 4.98 Å². The lowest BCUT2D eigenvalue weighted by Gasteiger charge is -2.22. The summed E-state index contributed by atoms with van der Waals surface area (Å²) in [4.78, 5) is 4.43. The number of pyridine rings is 1. The van der Waals surface area contributed by atoms with Gasteiger partial charge >= 0.3 is 0 Å². The Kier molecular flexibility index (Phi) is 3.97. The molecule has 2 nitrogen and oxygen atoms in total. The van der Waals surface area contributed by atoms with Gasteiger partial charge in [0.25, 0.3) is 0 Å². The number of rotatable bonds is 2. The average Bonchev–Trinajstić information content (AvgIpc) is 2.42. The van der Waals surface area contributed by atoms with Crippen LogP contribution in [0.5, 0.6) is 0 Å². The molecule has 1 N–H and O–H groups in total. The highest BCUT2D eigenvalue weighted by Gasteiger charge is 2.12. The summed E-state index contributed by atoms with van der Waals surface area (Å²) in [6.45, 7) is 0. The van der Waals surface area contributed by atoms with Crippen LogP contribution in [-0.4, -0.2) is 11.0 Å². The Morgan fingerprint density at radius 1 is 0.895 bits per heavy atom. The lowest BCUT2D eigenvalue weighted by Crippen LogP contribution is -2.20. The zero-order valence-electron chi connectivity index (χ0n) is 11.4. The average molecular weight is 254 g/mol. The van der Waals surface area contributed by atoms with Gasteiger partial charge in [-0.05, 0) is 37.1 Å². The van der Waals surface area contributed by atoms with E-state index in [0.29, 0.717) is 6.04 Å². The van der Waals surface area contributed by atoms with E-state index in [0.717, 1.165) is 5.52 Å². The molecule has 19 heavy (non-hydrogen) atoms. The number of hydrogen-bond donors (Lipinski definition) is 1. The van der Waals surface area contributed by atoms with Gasteiger partial charge in [-0.1, -0.05) is 38.2 Å². The van der Waals surface area contributed by atoms with Crippen molar-refractivity contribution in [1.29, 1.82) is 0 Å². The Morgan fingerprint density at radius 2 is 1.68 bits per heavy atom. The summed E-state index contributed by atoms with van der Waals surface area (Å²) in [6, 6.07) is 11.2. The fraction of sp³-hybridized carbons (Fsp3) is 0.471. The lowest BCUT2D eigenvalue weighted by atomic mass is 9.96. The molecule has 1 heterocycles. The molecule has 1 saturated carbocycles. The van der Waals surface area contributed by atoms with Crippen LogP contribution in [0.4, 0.5) is 5.69 Å². The van der Waals surface area contributed by atoms with Crippen LogP contribution in [0.2, 0.25) is 0 Å². The van der Waals surface area contributed by atoms with Crippen molar-refractivity contribution in [1.82, 2.24) is 4.98 Å². The van der Waals surface area contributed by atoms with Gasteiger partial charge in [0.2, 0.25) is 0 Å². The van der Waals surface area contributed by atoms with E-state index in [-0.39, 0.29) is 0 Å². The summed E-state index contributed by atoms with van der Waals surface area (Å²) in [5.41, 5.74) is 2.33. The molecule has 1 fully saturated rings. The minimum absolute atomic E-state index is 0.631. The van der Waals surface area contributed by atoms with Crippen LogP contribution in [0.3, 0.4) is 0 Å². The molecule has 0 saturated heterocycles. The number of aromatic nitrogens is 1. The van der Waals surface area contributed by atoms with Crippen LogP contribution < -0.4 is 5.32 Å². The van der Waals surface area contributed by atoms with E-state index in [4.69, 9.17) is 0 Å². The minimum Gasteiger partial charge on any atom is -0.382 e. The largest absolute Gasteiger partial charge is 0.382 e. The molecule has 0 radical (unpaired) electrons. The highest BCUT2D eigenvalue weighted by molar-refractivity contribution is 5.91. The van der Waals surface area contributed by atoms with E-state index in [2.05, 4.69) is 34.6 Å². The predicted octanol–water partition coefficient (Wildman–Crippen LogP) is 4.76. The van der Waals surface area contributed by atoms with Crippen molar-refractivity contribution < 1.29 is 0 Å². The molecular weight excluding hydrogens is 232 g/mol. The van der Waals surface area contributed by atoms with Crippen LogP contribution >= 0.6 is 0 Å². The van der Waals surface area contributed by atoms with Crippen molar-refractivity contribution in [3.63, 3.8) is 0 Å². The smallest absolute Gasteiger partial charge is 0.0722 e. The highest BCUT2D eigenvalue weighted by atomic mass is 14.9. The molecular formula is C17H22N2. The van der Waals surface area contributed by atoms with Gasteiger partial charge in [-0.15, -0.1) is 0 Å². The molecule has 0 spiro atoms. The third kappa shape index (κ3) is 3.06. The first-order chi connectivity index (χ1) is 9.43.